The second-order valence-electron chi connectivity index (χ2n) is 9.82. The maximum Gasteiger partial charge on any atom is 0.250 e. The van der Waals surface area contributed by atoms with Gasteiger partial charge >= 0.3 is 0 Å². The van der Waals surface area contributed by atoms with Crippen LogP contribution in [0.4, 0.5) is 0 Å². The minimum atomic E-state index is -1.92. The van der Waals surface area contributed by atoms with E-state index in [-0.39, 0.29) is 23.2 Å². The summed E-state index contributed by atoms with van der Waals surface area (Å²) >= 11 is 0. The lowest BCUT2D eigenvalue weighted by Crippen LogP contribution is -2.44. The summed E-state index contributed by atoms with van der Waals surface area (Å²) < 4.78 is 13.1. The van der Waals surface area contributed by atoms with Gasteiger partial charge in [0.15, 0.2) is 0 Å². The van der Waals surface area contributed by atoms with Crippen LogP contribution in [0.3, 0.4) is 0 Å². The Morgan fingerprint density at radius 1 is 1.31 bits per heavy atom. The van der Waals surface area contributed by atoms with E-state index in [2.05, 4.69) is 66.4 Å². The Kier molecular flexibility index (Phi) is 7.80. The lowest BCUT2D eigenvalue weighted by Gasteiger charge is -2.37. The van der Waals surface area contributed by atoms with E-state index in [0.717, 1.165) is 36.3 Å². The molecule has 0 spiro atoms. The number of hydrogen-bond acceptors (Lipinski definition) is 3. The minimum absolute atomic E-state index is 0.0227. The predicted molar refractivity (Wildman–Crippen MR) is 125 cm³/mol. The van der Waals surface area contributed by atoms with Crippen LogP contribution in [0.1, 0.15) is 58.9 Å². The molecule has 2 rings (SSSR count). The van der Waals surface area contributed by atoms with Crippen LogP contribution in [-0.2, 0) is 0 Å². The van der Waals surface area contributed by atoms with Crippen LogP contribution in [-0.4, -0.2) is 25.6 Å². The largest absolute Gasteiger partial charge is 0.543 e. The third kappa shape index (κ3) is 5.76. The molecule has 1 aliphatic carbocycles. The molecule has 0 bridgehead atoms. The van der Waals surface area contributed by atoms with Crippen LogP contribution in [0.15, 0.2) is 42.5 Å². The maximum atomic E-state index is 10.4. The molecule has 0 saturated carbocycles. The van der Waals surface area contributed by atoms with Crippen molar-refractivity contribution in [2.24, 2.45) is 5.92 Å². The zero-order valence-corrected chi connectivity index (χ0v) is 20.4. The molecule has 162 valence electrons. The number of rotatable bonds is 9. The third-order valence-electron chi connectivity index (χ3n) is 6.44. The first-order valence-electron chi connectivity index (χ1n) is 11.0. The first-order valence-corrected chi connectivity index (χ1v) is 13.9. The minimum Gasteiger partial charge on any atom is -0.543 e. The number of hydrogen-bond donors (Lipinski definition) is 1. The molecule has 1 aromatic carbocycles. The van der Waals surface area contributed by atoms with Crippen LogP contribution in [0.5, 0.6) is 11.5 Å². The molecule has 0 aliphatic heterocycles. The van der Waals surface area contributed by atoms with Crippen LogP contribution >= 0.6 is 0 Å². The standard InChI is InChI=1S/C25H40O3Si/c1-9-11-20-21(15-16-22(20)26)23(12-10-2)27-19-14-13-18(3)24(17-19)28-29(7,8)25(4,5)6/h9,13-15,17,20,22-23,26H,1,10-12,16H2,2-8H3. The van der Waals surface area contributed by atoms with Crippen LogP contribution in [0, 0.1) is 12.8 Å². The van der Waals surface area contributed by atoms with Crippen LogP contribution in [0.2, 0.25) is 18.1 Å². The Hall–Kier alpha value is -1.52. The first kappa shape index (κ1) is 23.8. The van der Waals surface area contributed by atoms with Gasteiger partial charge in [-0.2, -0.15) is 0 Å². The Labute approximate surface area is 179 Å². The molecule has 0 heterocycles. The Balaban J connectivity index is 2.26. The second-order valence-corrected chi connectivity index (χ2v) is 14.5. The summed E-state index contributed by atoms with van der Waals surface area (Å²) in [6.07, 6.45) is 7.14. The van der Waals surface area contributed by atoms with Gasteiger partial charge in [0.1, 0.15) is 17.6 Å². The lowest BCUT2D eigenvalue weighted by atomic mass is 9.90. The zero-order chi connectivity index (χ0) is 21.8. The highest BCUT2D eigenvalue weighted by Crippen LogP contribution is 2.40. The topological polar surface area (TPSA) is 38.7 Å². The fourth-order valence-corrected chi connectivity index (χ4v) is 4.63. The van der Waals surface area contributed by atoms with E-state index in [1.54, 1.807) is 0 Å². The molecular formula is C25H40O3Si. The molecule has 3 atom stereocenters. The second kappa shape index (κ2) is 9.52. The summed E-state index contributed by atoms with van der Waals surface area (Å²) in [4.78, 5) is 0. The van der Waals surface area contributed by atoms with Crippen molar-refractivity contribution in [1.29, 1.82) is 0 Å². The van der Waals surface area contributed by atoms with E-state index < -0.39 is 8.32 Å². The maximum absolute atomic E-state index is 10.4. The number of aliphatic hydroxyl groups excluding tert-OH is 1. The van der Waals surface area contributed by atoms with Gasteiger partial charge in [0.25, 0.3) is 0 Å². The summed E-state index contributed by atoms with van der Waals surface area (Å²) in [5.41, 5.74) is 2.35. The van der Waals surface area contributed by atoms with Gasteiger partial charge in [-0.25, -0.2) is 0 Å². The number of aliphatic hydroxyl groups is 1. The van der Waals surface area contributed by atoms with Crippen LogP contribution < -0.4 is 9.16 Å². The Morgan fingerprint density at radius 2 is 2.00 bits per heavy atom. The van der Waals surface area contributed by atoms with Crippen molar-refractivity contribution in [3.63, 3.8) is 0 Å². The molecule has 4 heteroatoms. The van der Waals surface area contributed by atoms with Gasteiger partial charge in [-0.1, -0.05) is 52.3 Å². The third-order valence-corrected chi connectivity index (χ3v) is 10.8. The Morgan fingerprint density at radius 3 is 2.59 bits per heavy atom. The van der Waals surface area contributed by atoms with Crippen molar-refractivity contribution < 1.29 is 14.3 Å². The highest BCUT2D eigenvalue weighted by atomic mass is 28.4. The van der Waals surface area contributed by atoms with Crippen molar-refractivity contribution >= 4 is 8.32 Å². The van der Waals surface area contributed by atoms with Crippen molar-refractivity contribution in [3.05, 3.63) is 48.1 Å². The summed E-state index contributed by atoms with van der Waals surface area (Å²) in [5, 5.41) is 10.5. The van der Waals surface area contributed by atoms with Crippen molar-refractivity contribution in [3.8, 4) is 11.5 Å². The Bertz CT molecular complexity index is 730. The average Bonchev–Trinajstić information content (AvgIpc) is 2.97. The average molecular weight is 417 g/mol. The molecule has 1 aliphatic rings. The number of aryl methyl sites for hydroxylation is 1. The van der Waals surface area contributed by atoms with Gasteiger partial charge in [0, 0.05) is 12.0 Å². The summed E-state index contributed by atoms with van der Waals surface area (Å²) in [6.45, 7) is 19.4. The van der Waals surface area contributed by atoms with Gasteiger partial charge < -0.3 is 14.3 Å². The highest BCUT2D eigenvalue weighted by molar-refractivity contribution is 6.74. The quantitative estimate of drug-likeness (QED) is 0.355. The van der Waals surface area contributed by atoms with E-state index in [0.29, 0.717) is 6.42 Å². The molecule has 29 heavy (non-hydrogen) atoms. The van der Waals surface area contributed by atoms with Gasteiger partial charge in [0.05, 0.1) is 6.10 Å². The van der Waals surface area contributed by atoms with Gasteiger partial charge in [0.2, 0.25) is 8.32 Å². The normalized spacial score (nSPS) is 20.9. The summed E-state index contributed by atoms with van der Waals surface area (Å²) in [5.74, 6) is 1.87. The molecule has 1 N–H and O–H groups in total. The van der Waals surface area contributed by atoms with E-state index in [9.17, 15) is 5.11 Å². The molecular weight excluding hydrogens is 376 g/mol. The molecule has 0 amide bonds. The van der Waals surface area contributed by atoms with Crippen molar-refractivity contribution in [2.75, 3.05) is 0 Å². The van der Waals surface area contributed by atoms with Gasteiger partial charge in [-0.3, -0.25) is 0 Å². The smallest absolute Gasteiger partial charge is 0.250 e. The fraction of sp³-hybridized carbons (Fsp3) is 0.600. The van der Waals surface area contributed by atoms with Crippen molar-refractivity contribution in [2.45, 2.75) is 90.6 Å². The SMILES string of the molecule is C=CCC1C(C(CCC)Oc2ccc(C)c(O[Si](C)(C)C(C)(C)C)c2)=CCC1O. The van der Waals surface area contributed by atoms with Gasteiger partial charge in [-0.05, 0) is 61.5 Å². The summed E-state index contributed by atoms with van der Waals surface area (Å²) in [7, 11) is -1.92. The van der Waals surface area contributed by atoms with Crippen molar-refractivity contribution in [1.82, 2.24) is 0 Å². The summed E-state index contributed by atoms with van der Waals surface area (Å²) in [6, 6.07) is 6.16. The van der Waals surface area contributed by atoms with E-state index in [4.69, 9.17) is 9.16 Å². The van der Waals surface area contributed by atoms with Crippen LogP contribution in [0.25, 0.3) is 0 Å². The molecule has 1 aromatic rings. The molecule has 0 saturated heterocycles. The van der Waals surface area contributed by atoms with E-state index in [1.807, 2.05) is 18.2 Å². The number of ether oxygens (including phenoxy) is 1. The predicted octanol–water partition coefficient (Wildman–Crippen LogP) is 6.81. The van der Waals surface area contributed by atoms with Gasteiger partial charge in [-0.15, -0.1) is 6.58 Å². The molecule has 0 fully saturated rings. The monoisotopic (exact) mass is 416 g/mol. The highest BCUT2D eigenvalue weighted by Gasteiger charge is 2.39. The zero-order valence-electron chi connectivity index (χ0n) is 19.4. The molecule has 3 nitrogen and oxygen atoms in total. The molecule has 3 unspecified atom stereocenters. The van der Waals surface area contributed by atoms with E-state index >= 15 is 0 Å². The first-order chi connectivity index (χ1) is 13.5. The number of benzene rings is 1. The molecule has 0 aromatic heterocycles. The molecule has 0 radical (unpaired) electrons. The fourth-order valence-electron chi connectivity index (χ4n) is 3.55. The van der Waals surface area contributed by atoms with E-state index in [1.165, 1.54) is 5.57 Å². The number of allylic oxidation sites excluding steroid dienone is 1. The lowest BCUT2D eigenvalue weighted by molar-refractivity contribution is 0.125.